The normalized spacial score (nSPS) is 13.1. The molecule has 0 spiro atoms. The first-order chi connectivity index (χ1) is 6.26. The summed E-state index contributed by atoms with van der Waals surface area (Å²) in [7, 11) is 0. The number of amides is 1. The van der Waals surface area contributed by atoms with Gasteiger partial charge >= 0.3 is 97.2 Å². The fourth-order valence-electron chi connectivity index (χ4n) is 0.629. The summed E-state index contributed by atoms with van der Waals surface area (Å²) in [6.07, 6.45) is -0.611. The molecule has 4 nitrogen and oxygen atoms in total. The summed E-state index contributed by atoms with van der Waals surface area (Å²) in [5.41, 5.74) is -0.564. The van der Waals surface area contributed by atoms with Crippen LogP contribution in [0.1, 0.15) is 20.8 Å². The third-order valence-corrected chi connectivity index (χ3v) is 2.12. The molecule has 0 aliphatic rings. The average Bonchev–Trinajstić information content (AvgIpc) is 1.96. The van der Waals surface area contributed by atoms with Crippen LogP contribution < -0.4 is 5.32 Å². The van der Waals surface area contributed by atoms with Gasteiger partial charge in [-0.25, -0.2) is 0 Å². The summed E-state index contributed by atoms with van der Waals surface area (Å²) >= 11 is 6.23. The van der Waals surface area contributed by atoms with Gasteiger partial charge in [0.1, 0.15) is 0 Å². The average molecular weight is 283 g/mol. The monoisotopic (exact) mass is 284 g/mol. The van der Waals surface area contributed by atoms with Gasteiger partial charge < -0.3 is 0 Å². The number of hydrogen-bond donors (Lipinski definition) is 2. The topological polar surface area (TPSA) is 55.4 Å². The first kappa shape index (κ1) is 13.8. The molecular formula is C8H14NO3SSe. The van der Waals surface area contributed by atoms with Crippen molar-refractivity contribution < 1.29 is 14.3 Å². The fourth-order valence-corrected chi connectivity index (χ4v) is 1.46. The van der Waals surface area contributed by atoms with Gasteiger partial charge in [-0.1, -0.05) is 0 Å². The van der Waals surface area contributed by atoms with Crippen molar-refractivity contribution in [3.8, 4) is 0 Å². The zero-order valence-corrected chi connectivity index (χ0v) is 11.0. The van der Waals surface area contributed by atoms with Crippen molar-refractivity contribution >= 4 is 39.4 Å². The van der Waals surface area contributed by atoms with Crippen molar-refractivity contribution in [2.24, 2.45) is 0 Å². The number of alkyl carbamates (subject to hydrolysis) is 1. The van der Waals surface area contributed by atoms with Crippen LogP contribution in [-0.4, -0.2) is 44.2 Å². The Morgan fingerprint density at radius 3 is 2.29 bits per heavy atom. The Morgan fingerprint density at radius 1 is 1.50 bits per heavy atom. The summed E-state index contributed by atoms with van der Waals surface area (Å²) in [6, 6.07) is -0.631. The molecule has 0 aliphatic carbocycles. The molecule has 14 heavy (non-hydrogen) atoms. The van der Waals surface area contributed by atoms with E-state index >= 15 is 0 Å². The van der Waals surface area contributed by atoms with Gasteiger partial charge in [0.2, 0.25) is 0 Å². The van der Waals surface area contributed by atoms with E-state index in [-0.39, 0.29) is 10.4 Å². The maximum atomic E-state index is 11.2. The van der Waals surface area contributed by atoms with E-state index in [0.29, 0.717) is 0 Å². The van der Waals surface area contributed by atoms with E-state index < -0.39 is 17.7 Å². The summed E-state index contributed by atoms with van der Waals surface area (Å²) in [6.45, 7) is 5.26. The molecule has 0 bridgehead atoms. The molecule has 0 aromatic carbocycles. The zero-order chi connectivity index (χ0) is 11.4. The fraction of sp³-hybridized carbons (Fsp3) is 0.750. The first-order valence-electron chi connectivity index (χ1n) is 4.07. The second kappa shape index (κ2) is 5.63. The molecule has 0 aromatic rings. The van der Waals surface area contributed by atoms with E-state index in [1.54, 1.807) is 20.8 Å². The van der Waals surface area contributed by atoms with Gasteiger partial charge in [0.15, 0.2) is 0 Å². The van der Waals surface area contributed by atoms with Crippen LogP contribution in [0, 0.1) is 0 Å². The SMILES string of the molecule is CC(C)(C)OC(=O)N[C@@H](CS)C(=O)[Se]. The summed E-state index contributed by atoms with van der Waals surface area (Å²) in [5, 5.41) is 2.40. The van der Waals surface area contributed by atoms with Crippen molar-refractivity contribution in [3.05, 3.63) is 0 Å². The van der Waals surface area contributed by atoms with Crippen molar-refractivity contribution in [1.82, 2.24) is 5.32 Å². The minimum absolute atomic E-state index is 0.241. The molecule has 1 amide bonds. The molecule has 0 heterocycles. The van der Waals surface area contributed by atoms with E-state index in [1.807, 2.05) is 0 Å². The third kappa shape index (κ3) is 6.29. The van der Waals surface area contributed by atoms with Crippen LogP contribution in [-0.2, 0) is 9.53 Å². The number of carbonyl (C=O) groups is 2. The number of nitrogens with one attached hydrogen (secondary N) is 1. The third-order valence-electron chi connectivity index (χ3n) is 1.16. The molecule has 0 fully saturated rings. The van der Waals surface area contributed by atoms with Gasteiger partial charge in [0.05, 0.1) is 0 Å². The van der Waals surface area contributed by atoms with Gasteiger partial charge in [0, 0.05) is 0 Å². The zero-order valence-electron chi connectivity index (χ0n) is 8.36. The van der Waals surface area contributed by atoms with Gasteiger partial charge in [-0.05, 0) is 0 Å². The molecule has 6 heteroatoms. The Morgan fingerprint density at radius 2 is 2.00 bits per heavy atom. The minimum atomic E-state index is -0.631. The predicted octanol–water partition coefficient (Wildman–Crippen LogP) is 0.505. The molecule has 0 saturated heterocycles. The van der Waals surface area contributed by atoms with Crippen molar-refractivity contribution in [2.75, 3.05) is 5.75 Å². The Kier molecular flexibility index (Phi) is 5.56. The van der Waals surface area contributed by atoms with Crippen LogP contribution in [0.5, 0.6) is 0 Å². The molecule has 0 rings (SSSR count). The van der Waals surface area contributed by atoms with E-state index in [4.69, 9.17) is 4.74 Å². The maximum absolute atomic E-state index is 11.2. The summed E-state index contributed by atoms with van der Waals surface area (Å²) in [4.78, 5) is 22.1. The van der Waals surface area contributed by atoms with Crippen molar-refractivity contribution in [2.45, 2.75) is 32.4 Å². The Bertz CT molecular complexity index is 227. The van der Waals surface area contributed by atoms with Crippen LogP contribution in [0.25, 0.3) is 0 Å². The molecule has 0 saturated carbocycles. The van der Waals surface area contributed by atoms with E-state index in [2.05, 4.69) is 34.0 Å². The second-order valence-electron chi connectivity index (χ2n) is 3.70. The van der Waals surface area contributed by atoms with Crippen LogP contribution >= 0.6 is 12.6 Å². The molecule has 1 N–H and O–H groups in total. The Labute approximate surface area is 97.4 Å². The van der Waals surface area contributed by atoms with Gasteiger partial charge in [-0.3, -0.25) is 0 Å². The molecule has 0 aromatic heterocycles. The van der Waals surface area contributed by atoms with Crippen LogP contribution in [0.15, 0.2) is 0 Å². The van der Waals surface area contributed by atoms with E-state index in [1.165, 1.54) is 0 Å². The Hall–Kier alpha value is -0.191. The number of thiol groups is 1. The molecule has 81 valence electrons. The number of carbonyl (C=O) groups excluding carboxylic acids is 2. The molecular weight excluding hydrogens is 269 g/mol. The van der Waals surface area contributed by atoms with Gasteiger partial charge in [0.25, 0.3) is 0 Å². The van der Waals surface area contributed by atoms with Crippen molar-refractivity contribution in [1.29, 1.82) is 0 Å². The number of ether oxygens (including phenoxy) is 1. The molecule has 1 atom stereocenters. The summed E-state index contributed by atoms with van der Waals surface area (Å²) < 4.78 is 4.71. The molecule has 0 unspecified atom stereocenters. The molecule has 1 radical (unpaired) electrons. The van der Waals surface area contributed by atoms with E-state index in [0.717, 1.165) is 0 Å². The standard InChI is InChI=1S/C8H14NO3SSe/c1-8(2,3)12-7(11)9-5(4-13)6(10)14/h5,13H,4H2,1-3H3,(H,9,11)/t5-/m0/s1. The Balaban J connectivity index is 4.11. The van der Waals surface area contributed by atoms with Gasteiger partial charge in [-0.15, -0.1) is 0 Å². The van der Waals surface area contributed by atoms with E-state index in [9.17, 15) is 9.59 Å². The van der Waals surface area contributed by atoms with Crippen LogP contribution in [0.3, 0.4) is 0 Å². The second-order valence-corrected chi connectivity index (χ2v) is 4.91. The van der Waals surface area contributed by atoms with Crippen molar-refractivity contribution in [3.63, 3.8) is 0 Å². The number of rotatable bonds is 3. The predicted molar refractivity (Wildman–Crippen MR) is 57.8 cm³/mol. The van der Waals surface area contributed by atoms with Crippen LogP contribution in [0.2, 0.25) is 0 Å². The molecule has 0 aliphatic heterocycles. The van der Waals surface area contributed by atoms with Gasteiger partial charge in [-0.2, -0.15) is 0 Å². The van der Waals surface area contributed by atoms with Crippen LogP contribution in [0.4, 0.5) is 4.79 Å². The quantitative estimate of drug-likeness (QED) is 0.586. The summed E-state index contributed by atoms with van der Waals surface area (Å²) in [5.74, 6) is 0.241. The first-order valence-corrected chi connectivity index (χ1v) is 5.56. The number of hydrogen-bond acceptors (Lipinski definition) is 4.